The van der Waals surface area contributed by atoms with Crippen molar-refractivity contribution in [2.45, 2.75) is 0 Å². The number of fused-ring (bicyclic) bond motifs is 6. The fourth-order valence-electron chi connectivity index (χ4n) is 7.46. The highest BCUT2D eigenvalue weighted by molar-refractivity contribution is 6.26. The van der Waals surface area contributed by atoms with E-state index < -0.39 is 45.6 Å². The molecule has 8 aromatic carbocycles. The van der Waals surface area contributed by atoms with Gasteiger partial charge < -0.3 is 40.2 Å². The first kappa shape index (κ1) is 29.1. The second-order valence-corrected chi connectivity index (χ2v) is 12.3. The molecule has 9 rings (SSSR count). The number of phenolic OH excluding ortho intramolecular Hbond substituents is 7. The van der Waals surface area contributed by atoms with E-state index in [1.165, 1.54) is 0 Å². The van der Waals surface area contributed by atoms with E-state index in [-0.39, 0.29) is 16.5 Å². The van der Waals surface area contributed by atoms with Crippen molar-refractivity contribution in [3.05, 3.63) is 115 Å². The molecule has 1 aromatic heterocycles. The van der Waals surface area contributed by atoms with Crippen molar-refractivity contribution in [1.82, 2.24) is 0 Å². The zero-order valence-corrected chi connectivity index (χ0v) is 26.0. The molecule has 0 atom stereocenters. The average molecular weight is 659 g/mol. The van der Waals surface area contributed by atoms with Gasteiger partial charge in [0.25, 0.3) is 0 Å². The summed E-state index contributed by atoms with van der Waals surface area (Å²) in [4.78, 5) is 0. The summed E-state index contributed by atoms with van der Waals surface area (Å²) < 4.78 is 6.26. The Morgan fingerprint density at radius 1 is 0.320 bits per heavy atom. The summed E-state index contributed by atoms with van der Waals surface area (Å²) >= 11 is 0. The van der Waals surface area contributed by atoms with Gasteiger partial charge in [0.2, 0.25) is 17.2 Å². The van der Waals surface area contributed by atoms with Gasteiger partial charge in [0, 0.05) is 21.7 Å². The molecule has 0 saturated carbocycles. The lowest BCUT2D eigenvalue weighted by atomic mass is 9.84. The number of benzene rings is 8. The molecule has 50 heavy (non-hydrogen) atoms. The predicted octanol–water partition coefficient (Wildman–Crippen LogP) is 9.99. The normalized spacial score (nSPS) is 11.8. The first-order valence-electron chi connectivity index (χ1n) is 15.8. The van der Waals surface area contributed by atoms with Crippen LogP contribution < -0.4 is 0 Å². The maximum absolute atomic E-state index is 11.2. The lowest BCUT2D eigenvalue weighted by Gasteiger charge is -2.19. The van der Waals surface area contributed by atoms with Gasteiger partial charge in [-0.2, -0.15) is 0 Å². The fraction of sp³-hybridized carbons (Fsp3) is 0. The minimum Gasteiger partial charge on any atom is -0.504 e. The summed E-state index contributed by atoms with van der Waals surface area (Å²) in [5.41, 5.74) is 5.36. The van der Waals surface area contributed by atoms with Gasteiger partial charge >= 0.3 is 0 Å². The first-order chi connectivity index (χ1) is 24.3. The van der Waals surface area contributed by atoms with Gasteiger partial charge in [-0.3, -0.25) is 0 Å². The third-order valence-electron chi connectivity index (χ3n) is 9.61. The predicted molar refractivity (Wildman–Crippen MR) is 194 cm³/mol. The minimum atomic E-state index is -1.09. The Kier molecular flexibility index (Phi) is 6.09. The van der Waals surface area contributed by atoms with E-state index in [4.69, 9.17) is 4.42 Å². The molecule has 7 N–H and O–H groups in total. The summed E-state index contributed by atoms with van der Waals surface area (Å²) in [6.07, 6.45) is 0. The maximum Gasteiger partial charge on any atom is 0.205 e. The van der Waals surface area contributed by atoms with Crippen LogP contribution in [0.2, 0.25) is 0 Å². The fourth-order valence-corrected chi connectivity index (χ4v) is 7.46. The number of para-hydroxylation sites is 1. The van der Waals surface area contributed by atoms with Crippen molar-refractivity contribution in [1.29, 1.82) is 0 Å². The largest absolute Gasteiger partial charge is 0.504 e. The van der Waals surface area contributed by atoms with Crippen LogP contribution in [0.5, 0.6) is 40.2 Å². The van der Waals surface area contributed by atoms with Crippen LogP contribution in [0.4, 0.5) is 0 Å². The van der Waals surface area contributed by atoms with Gasteiger partial charge in [0.05, 0.1) is 5.39 Å². The van der Waals surface area contributed by atoms with Crippen LogP contribution in [0.25, 0.3) is 87.6 Å². The second kappa shape index (κ2) is 10.5. The van der Waals surface area contributed by atoms with E-state index in [1.807, 2.05) is 72.8 Å². The topological polar surface area (TPSA) is 155 Å². The van der Waals surface area contributed by atoms with Gasteiger partial charge in [0.1, 0.15) is 11.2 Å². The molecular formula is C42H26O8. The van der Waals surface area contributed by atoms with E-state index >= 15 is 0 Å². The SMILES string of the molecule is Oc1c(O)c(O)c2c(-c3cccc(-c4c5ccccc5c(-c5cccc6oc7ccccc7c56)c5ccccc45)c3)c(O)c(O)c(O)c2c1O. The van der Waals surface area contributed by atoms with Crippen molar-refractivity contribution in [3.8, 4) is 73.6 Å². The summed E-state index contributed by atoms with van der Waals surface area (Å²) in [6, 6.07) is 37.3. The van der Waals surface area contributed by atoms with Crippen molar-refractivity contribution >= 4 is 54.3 Å². The van der Waals surface area contributed by atoms with E-state index in [0.29, 0.717) is 0 Å². The maximum atomic E-state index is 11.2. The smallest absolute Gasteiger partial charge is 0.205 e. The molecule has 0 bridgehead atoms. The Balaban J connectivity index is 1.37. The highest BCUT2D eigenvalue weighted by atomic mass is 16.4. The van der Waals surface area contributed by atoms with E-state index in [9.17, 15) is 35.7 Å². The quantitative estimate of drug-likeness (QED) is 0.0562. The van der Waals surface area contributed by atoms with Gasteiger partial charge in [0.15, 0.2) is 23.0 Å². The summed E-state index contributed by atoms with van der Waals surface area (Å²) in [7, 11) is 0. The zero-order valence-electron chi connectivity index (χ0n) is 26.0. The Bertz CT molecular complexity index is 2840. The van der Waals surface area contributed by atoms with Crippen LogP contribution >= 0.6 is 0 Å². The summed E-state index contributed by atoms with van der Waals surface area (Å²) in [5.74, 6) is -6.77. The number of phenols is 7. The average Bonchev–Trinajstić information content (AvgIpc) is 3.53. The molecule has 0 radical (unpaired) electrons. The van der Waals surface area contributed by atoms with Crippen LogP contribution in [-0.4, -0.2) is 35.7 Å². The molecule has 0 saturated heterocycles. The summed E-state index contributed by atoms with van der Waals surface area (Å²) in [5, 5.41) is 79.7. The van der Waals surface area contributed by atoms with Crippen molar-refractivity contribution in [2.75, 3.05) is 0 Å². The highest BCUT2D eigenvalue weighted by Crippen LogP contribution is 2.59. The Morgan fingerprint density at radius 2 is 0.780 bits per heavy atom. The van der Waals surface area contributed by atoms with Crippen LogP contribution in [0.15, 0.2) is 120 Å². The number of rotatable bonds is 3. The lowest BCUT2D eigenvalue weighted by molar-refractivity contribution is 0.347. The van der Waals surface area contributed by atoms with Crippen LogP contribution in [-0.2, 0) is 0 Å². The lowest BCUT2D eigenvalue weighted by Crippen LogP contribution is -1.92. The third kappa shape index (κ3) is 3.87. The molecule has 9 aromatic rings. The molecule has 1 heterocycles. The van der Waals surface area contributed by atoms with Gasteiger partial charge in [-0.1, -0.05) is 97.1 Å². The van der Waals surface area contributed by atoms with Crippen LogP contribution in [0, 0.1) is 0 Å². The molecular weight excluding hydrogens is 632 g/mol. The molecule has 8 nitrogen and oxygen atoms in total. The van der Waals surface area contributed by atoms with Crippen LogP contribution in [0.3, 0.4) is 0 Å². The third-order valence-corrected chi connectivity index (χ3v) is 9.61. The number of furan rings is 1. The first-order valence-corrected chi connectivity index (χ1v) is 15.8. The zero-order chi connectivity index (χ0) is 34.4. The standard InChI is InChI=1S/C42H26O8/c43-36-31(34-35(38(45)40(36)47)39(46)42(49)41(48)37(34)44)21-10-7-9-20(19-21)30-22-11-1-3-13-24(22)32(25-14-4-2-12-23(25)30)27-16-8-18-29-33(27)26-15-5-6-17-28(26)50-29/h1-19,43-49H. The molecule has 0 aliphatic carbocycles. The Morgan fingerprint density at radius 3 is 1.40 bits per heavy atom. The molecule has 0 amide bonds. The molecule has 0 spiro atoms. The van der Waals surface area contributed by atoms with Crippen molar-refractivity contribution in [3.63, 3.8) is 0 Å². The van der Waals surface area contributed by atoms with Gasteiger partial charge in [-0.05, 0) is 67.6 Å². The number of hydrogen-bond donors (Lipinski definition) is 7. The molecule has 242 valence electrons. The number of aromatic hydroxyl groups is 7. The second-order valence-electron chi connectivity index (χ2n) is 12.3. The van der Waals surface area contributed by atoms with Gasteiger partial charge in [-0.15, -0.1) is 0 Å². The summed E-state index contributed by atoms with van der Waals surface area (Å²) in [6.45, 7) is 0. The number of hydrogen-bond acceptors (Lipinski definition) is 8. The van der Waals surface area contributed by atoms with E-state index in [0.717, 1.165) is 65.7 Å². The van der Waals surface area contributed by atoms with Crippen LogP contribution in [0.1, 0.15) is 0 Å². The van der Waals surface area contributed by atoms with Crippen molar-refractivity contribution < 1.29 is 40.2 Å². The minimum absolute atomic E-state index is 0.177. The van der Waals surface area contributed by atoms with E-state index in [1.54, 1.807) is 18.2 Å². The molecule has 8 heteroatoms. The Hall–Kier alpha value is -7.06. The van der Waals surface area contributed by atoms with Crippen molar-refractivity contribution in [2.24, 2.45) is 0 Å². The monoisotopic (exact) mass is 658 g/mol. The van der Waals surface area contributed by atoms with Gasteiger partial charge in [-0.25, -0.2) is 0 Å². The molecule has 0 fully saturated rings. The molecule has 0 unspecified atom stereocenters. The Labute approximate surface area is 282 Å². The van der Waals surface area contributed by atoms with E-state index in [2.05, 4.69) is 24.3 Å². The molecule has 0 aliphatic rings. The molecule has 0 aliphatic heterocycles. The highest BCUT2D eigenvalue weighted by Gasteiger charge is 2.29.